The minimum absolute atomic E-state index is 0.00685. The van der Waals surface area contributed by atoms with Gasteiger partial charge in [0.15, 0.2) is 11.5 Å². The molecule has 0 N–H and O–H groups in total. The quantitative estimate of drug-likeness (QED) is 0.705. The number of carbonyl (C=O) groups excluding carboxylic acids is 1. The number of hydrogen-bond donors (Lipinski definition) is 0. The smallest absolute Gasteiger partial charge is 0.212 e. The van der Waals surface area contributed by atoms with Crippen molar-refractivity contribution in [1.82, 2.24) is 0 Å². The Bertz CT molecular complexity index is 686. The van der Waals surface area contributed by atoms with E-state index in [1.54, 1.807) is 45.6 Å². The average molecular weight is 344 g/mol. The lowest BCUT2D eigenvalue weighted by Crippen LogP contribution is -1.95. The van der Waals surface area contributed by atoms with Crippen LogP contribution in [-0.2, 0) is 10.5 Å². The van der Waals surface area contributed by atoms with Gasteiger partial charge in [-0.2, -0.15) is 0 Å². The van der Waals surface area contributed by atoms with Crippen LogP contribution in [0.4, 0.5) is 0 Å². The fourth-order valence-electron chi connectivity index (χ4n) is 2.14. The monoisotopic (exact) mass is 344 g/mol. The van der Waals surface area contributed by atoms with Crippen LogP contribution in [0, 0.1) is 0 Å². The Balaban J connectivity index is 2.06. The van der Waals surface area contributed by atoms with E-state index in [2.05, 4.69) is 0 Å². The fraction of sp³-hybridized carbons (Fsp3) is 0.211. The van der Waals surface area contributed by atoms with Crippen molar-refractivity contribution in [3.8, 4) is 17.2 Å². The standard InChI is InChI=1S/C19H20O4S/c1-21-16-11-15(12-17(22-2)19(16)23-3)9-10-18(20)24-13-14-7-5-4-6-8-14/h4-12H,13H2,1-3H3/b10-9+. The van der Waals surface area contributed by atoms with Crippen molar-refractivity contribution in [2.75, 3.05) is 21.3 Å². The normalized spacial score (nSPS) is 10.6. The SMILES string of the molecule is COc1cc(/C=C/C(=O)SCc2ccccc2)cc(OC)c1OC. The van der Waals surface area contributed by atoms with Crippen LogP contribution in [-0.4, -0.2) is 26.4 Å². The summed E-state index contributed by atoms with van der Waals surface area (Å²) in [4.78, 5) is 12.0. The van der Waals surface area contributed by atoms with Crippen molar-refractivity contribution >= 4 is 23.0 Å². The van der Waals surface area contributed by atoms with E-state index < -0.39 is 0 Å². The molecule has 0 spiro atoms. The first-order valence-corrected chi connectivity index (χ1v) is 8.35. The van der Waals surface area contributed by atoms with E-state index in [1.807, 2.05) is 30.3 Å². The number of carbonyl (C=O) groups is 1. The highest BCUT2D eigenvalue weighted by atomic mass is 32.2. The Morgan fingerprint density at radius 2 is 1.62 bits per heavy atom. The van der Waals surface area contributed by atoms with Crippen LogP contribution in [0.25, 0.3) is 6.08 Å². The molecule has 2 aromatic carbocycles. The summed E-state index contributed by atoms with van der Waals surface area (Å²) in [5.41, 5.74) is 1.93. The van der Waals surface area contributed by atoms with Gasteiger partial charge in [-0.3, -0.25) is 4.79 Å². The molecule has 2 rings (SSSR count). The Morgan fingerprint density at radius 3 is 2.17 bits per heavy atom. The molecule has 0 unspecified atom stereocenters. The minimum Gasteiger partial charge on any atom is -0.493 e. The van der Waals surface area contributed by atoms with Gasteiger partial charge in [0.2, 0.25) is 10.9 Å². The second-order valence-electron chi connectivity index (χ2n) is 4.89. The number of hydrogen-bond acceptors (Lipinski definition) is 5. The summed E-state index contributed by atoms with van der Waals surface area (Å²) in [6, 6.07) is 13.5. The summed E-state index contributed by atoms with van der Waals surface area (Å²) in [6.07, 6.45) is 3.29. The molecule has 0 aromatic heterocycles. The lowest BCUT2D eigenvalue weighted by Gasteiger charge is -2.12. The third-order valence-corrected chi connectivity index (χ3v) is 4.22. The zero-order valence-corrected chi connectivity index (χ0v) is 14.8. The van der Waals surface area contributed by atoms with Crippen LogP contribution in [0.2, 0.25) is 0 Å². The molecule has 0 aliphatic carbocycles. The zero-order valence-electron chi connectivity index (χ0n) is 13.9. The van der Waals surface area contributed by atoms with E-state index in [-0.39, 0.29) is 5.12 Å². The third-order valence-electron chi connectivity index (χ3n) is 3.32. The van der Waals surface area contributed by atoms with E-state index in [0.29, 0.717) is 23.0 Å². The van der Waals surface area contributed by atoms with Gasteiger partial charge in [-0.15, -0.1) is 0 Å². The van der Waals surface area contributed by atoms with Gasteiger partial charge in [-0.1, -0.05) is 48.2 Å². The lowest BCUT2D eigenvalue weighted by molar-refractivity contribution is -0.107. The number of methoxy groups -OCH3 is 3. The maximum absolute atomic E-state index is 12.0. The summed E-state index contributed by atoms with van der Waals surface area (Å²) in [5, 5.41) is -0.00685. The highest BCUT2D eigenvalue weighted by molar-refractivity contribution is 8.13. The van der Waals surface area contributed by atoms with Crippen LogP contribution in [0.15, 0.2) is 48.5 Å². The molecule has 0 aliphatic rings. The van der Waals surface area contributed by atoms with Crippen molar-refractivity contribution in [2.24, 2.45) is 0 Å². The van der Waals surface area contributed by atoms with E-state index in [4.69, 9.17) is 14.2 Å². The molecule has 5 heteroatoms. The third kappa shape index (κ3) is 4.80. The Labute approximate surface area is 146 Å². The van der Waals surface area contributed by atoms with Crippen molar-refractivity contribution in [2.45, 2.75) is 5.75 Å². The van der Waals surface area contributed by atoms with Gasteiger partial charge in [-0.25, -0.2) is 0 Å². The number of ether oxygens (including phenoxy) is 3. The van der Waals surface area contributed by atoms with Crippen molar-refractivity contribution < 1.29 is 19.0 Å². The average Bonchev–Trinajstić information content (AvgIpc) is 2.64. The molecule has 0 radical (unpaired) electrons. The molecule has 2 aromatic rings. The maximum atomic E-state index is 12.0. The molecule has 0 aliphatic heterocycles. The highest BCUT2D eigenvalue weighted by Crippen LogP contribution is 2.38. The first kappa shape index (κ1) is 17.9. The summed E-state index contributed by atoms with van der Waals surface area (Å²) in [5.74, 6) is 2.29. The summed E-state index contributed by atoms with van der Waals surface area (Å²) < 4.78 is 15.9. The van der Waals surface area contributed by atoms with Crippen LogP contribution >= 0.6 is 11.8 Å². The fourth-order valence-corrected chi connectivity index (χ4v) is 2.80. The predicted octanol–water partition coefficient (Wildman–Crippen LogP) is 4.19. The van der Waals surface area contributed by atoms with Gasteiger partial charge in [0.05, 0.1) is 21.3 Å². The molecular weight excluding hydrogens is 324 g/mol. The van der Waals surface area contributed by atoms with E-state index in [0.717, 1.165) is 11.1 Å². The Hall–Kier alpha value is -2.40. The zero-order chi connectivity index (χ0) is 17.4. The Morgan fingerprint density at radius 1 is 1.00 bits per heavy atom. The minimum atomic E-state index is -0.00685. The molecule has 24 heavy (non-hydrogen) atoms. The predicted molar refractivity (Wildman–Crippen MR) is 97.9 cm³/mol. The molecule has 126 valence electrons. The number of thioether (sulfide) groups is 1. The second kappa shape index (κ2) is 9.03. The van der Waals surface area contributed by atoms with Crippen LogP contribution in [0.3, 0.4) is 0 Å². The highest BCUT2D eigenvalue weighted by Gasteiger charge is 2.12. The maximum Gasteiger partial charge on any atom is 0.212 e. The first-order chi connectivity index (χ1) is 11.7. The molecule has 0 saturated carbocycles. The van der Waals surface area contributed by atoms with Crippen molar-refractivity contribution in [1.29, 1.82) is 0 Å². The van der Waals surface area contributed by atoms with Crippen molar-refractivity contribution in [3.63, 3.8) is 0 Å². The molecule has 0 amide bonds. The number of rotatable bonds is 7. The van der Waals surface area contributed by atoms with E-state index >= 15 is 0 Å². The second-order valence-corrected chi connectivity index (χ2v) is 5.87. The first-order valence-electron chi connectivity index (χ1n) is 7.36. The van der Waals surface area contributed by atoms with Gasteiger partial charge in [0.1, 0.15) is 0 Å². The van der Waals surface area contributed by atoms with Gasteiger partial charge in [-0.05, 0) is 29.3 Å². The van der Waals surface area contributed by atoms with Crippen molar-refractivity contribution in [3.05, 3.63) is 59.7 Å². The van der Waals surface area contributed by atoms with E-state index in [9.17, 15) is 4.79 Å². The van der Waals surface area contributed by atoms with Crippen LogP contribution < -0.4 is 14.2 Å². The van der Waals surface area contributed by atoms with Crippen LogP contribution in [0.5, 0.6) is 17.2 Å². The summed E-state index contributed by atoms with van der Waals surface area (Å²) in [7, 11) is 4.68. The van der Waals surface area contributed by atoms with Gasteiger partial charge >= 0.3 is 0 Å². The summed E-state index contributed by atoms with van der Waals surface area (Å²) >= 11 is 1.26. The molecule has 0 atom stereocenters. The molecular formula is C19H20O4S. The van der Waals surface area contributed by atoms with Gasteiger partial charge in [0.25, 0.3) is 0 Å². The largest absolute Gasteiger partial charge is 0.493 e. The topological polar surface area (TPSA) is 44.8 Å². The molecule has 0 saturated heterocycles. The Kier molecular flexibility index (Phi) is 6.75. The van der Waals surface area contributed by atoms with E-state index in [1.165, 1.54) is 11.8 Å². The molecule has 4 nitrogen and oxygen atoms in total. The van der Waals surface area contributed by atoms with Crippen LogP contribution in [0.1, 0.15) is 11.1 Å². The van der Waals surface area contributed by atoms with Gasteiger partial charge in [0, 0.05) is 5.75 Å². The molecule has 0 bridgehead atoms. The lowest BCUT2D eigenvalue weighted by atomic mass is 10.1. The number of benzene rings is 2. The molecule has 0 heterocycles. The molecule has 0 fully saturated rings. The summed E-state index contributed by atoms with van der Waals surface area (Å²) in [6.45, 7) is 0. The van der Waals surface area contributed by atoms with Gasteiger partial charge < -0.3 is 14.2 Å².